The standard InChI is InChI=1S/C6H12N6OS/c1-13-3-2-7-6(14)8-4-5-9-11-12-10-5/h2-4H2,1H3,(H2,7,8,14)(H,9,10,11,12). The van der Waals surface area contributed by atoms with Gasteiger partial charge in [-0.3, -0.25) is 0 Å². The molecule has 0 aliphatic heterocycles. The molecule has 1 rings (SSSR count). The number of hydrogen-bond acceptors (Lipinski definition) is 5. The zero-order valence-corrected chi connectivity index (χ0v) is 8.60. The molecule has 1 aromatic rings. The molecule has 1 aromatic heterocycles. The van der Waals surface area contributed by atoms with Gasteiger partial charge in [0.25, 0.3) is 0 Å². The van der Waals surface area contributed by atoms with E-state index in [1.54, 1.807) is 7.11 Å². The minimum absolute atomic E-state index is 0.454. The lowest BCUT2D eigenvalue weighted by Crippen LogP contribution is -2.36. The second kappa shape index (κ2) is 6.22. The fourth-order valence-electron chi connectivity index (χ4n) is 0.746. The van der Waals surface area contributed by atoms with E-state index in [0.717, 1.165) is 0 Å². The average molecular weight is 216 g/mol. The van der Waals surface area contributed by atoms with E-state index in [1.807, 2.05) is 0 Å². The van der Waals surface area contributed by atoms with Crippen LogP contribution in [-0.2, 0) is 11.3 Å². The third-order valence-electron chi connectivity index (χ3n) is 1.39. The summed E-state index contributed by atoms with van der Waals surface area (Å²) < 4.78 is 4.85. The van der Waals surface area contributed by atoms with Crippen LogP contribution in [0.1, 0.15) is 5.82 Å². The maximum absolute atomic E-state index is 4.98. The minimum atomic E-state index is 0.454. The Balaban J connectivity index is 2.09. The van der Waals surface area contributed by atoms with Crippen LogP contribution in [0.3, 0.4) is 0 Å². The SMILES string of the molecule is COCCNC(=S)NCc1nn[nH]n1. The van der Waals surface area contributed by atoms with E-state index in [9.17, 15) is 0 Å². The third kappa shape index (κ3) is 4.10. The van der Waals surface area contributed by atoms with Gasteiger partial charge in [0.05, 0.1) is 13.2 Å². The highest BCUT2D eigenvalue weighted by molar-refractivity contribution is 7.80. The second-order valence-corrected chi connectivity index (χ2v) is 2.84. The fourth-order valence-corrected chi connectivity index (χ4v) is 0.920. The van der Waals surface area contributed by atoms with Gasteiger partial charge in [0.1, 0.15) is 0 Å². The summed E-state index contributed by atoms with van der Waals surface area (Å²) in [5.41, 5.74) is 0. The van der Waals surface area contributed by atoms with Gasteiger partial charge in [-0.25, -0.2) is 0 Å². The van der Waals surface area contributed by atoms with E-state index < -0.39 is 0 Å². The first-order valence-electron chi connectivity index (χ1n) is 4.06. The van der Waals surface area contributed by atoms with Crippen molar-refractivity contribution < 1.29 is 4.74 Å². The molecule has 3 N–H and O–H groups in total. The van der Waals surface area contributed by atoms with Crippen LogP contribution in [-0.4, -0.2) is 46.0 Å². The number of aromatic nitrogens is 4. The normalized spacial score (nSPS) is 9.79. The first-order chi connectivity index (χ1) is 6.83. The van der Waals surface area contributed by atoms with Gasteiger partial charge in [-0.05, 0) is 12.2 Å². The number of rotatable bonds is 5. The van der Waals surface area contributed by atoms with Crippen molar-refractivity contribution in [2.75, 3.05) is 20.3 Å². The summed E-state index contributed by atoms with van der Waals surface area (Å²) in [6.07, 6.45) is 0. The highest BCUT2D eigenvalue weighted by Gasteiger charge is 1.98. The van der Waals surface area contributed by atoms with E-state index >= 15 is 0 Å². The predicted octanol–water partition coefficient (Wildman–Crippen LogP) is -1.19. The van der Waals surface area contributed by atoms with Crippen LogP contribution in [0.15, 0.2) is 0 Å². The van der Waals surface area contributed by atoms with Gasteiger partial charge in [-0.15, -0.1) is 10.2 Å². The number of nitrogens with one attached hydrogen (secondary N) is 3. The van der Waals surface area contributed by atoms with Crippen molar-refractivity contribution in [3.8, 4) is 0 Å². The van der Waals surface area contributed by atoms with Gasteiger partial charge in [0.2, 0.25) is 0 Å². The smallest absolute Gasteiger partial charge is 0.193 e. The number of ether oxygens (including phenoxy) is 1. The number of hydrogen-bond donors (Lipinski definition) is 3. The third-order valence-corrected chi connectivity index (χ3v) is 1.68. The Morgan fingerprint density at radius 3 is 3.07 bits per heavy atom. The van der Waals surface area contributed by atoms with Crippen LogP contribution in [0.25, 0.3) is 0 Å². The van der Waals surface area contributed by atoms with Gasteiger partial charge in [-0.1, -0.05) is 5.21 Å². The first-order valence-corrected chi connectivity index (χ1v) is 4.46. The number of nitrogens with zero attached hydrogens (tertiary/aromatic N) is 3. The maximum atomic E-state index is 4.98. The van der Waals surface area contributed by atoms with Crippen molar-refractivity contribution >= 4 is 17.3 Å². The number of aromatic amines is 1. The molecule has 0 bridgehead atoms. The van der Waals surface area contributed by atoms with E-state index in [0.29, 0.717) is 30.6 Å². The molecule has 0 amide bonds. The molecule has 0 aliphatic carbocycles. The van der Waals surface area contributed by atoms with Crippen LogP contribution < -0.4 is 10.6 Å². The molecule has 1 heterocycles. The summed E-state index contributed by atoms with van der Waals surface area (Å²) in [6.45, 7) is 1.74. The number of tetrazole rings is 1. The number of H-pyrrole nitrogens is 1. The summed E-state index contributed by atoms with van der Waals surface area (Å²) in [5, 5.41) is 19.7. The molecule has 0 aliphatic rings. The van der Waals surface area contributed by atoms with Crippen molar-refractivity contribution in [2.45, 2.75) is 6.54 Å². The number of thiocarbonyl (C=S) groups is 1. The molecule has 0 spiro atoms. The van der Waals surface area contributed by atoms with E-state index in [2.05, 4.69) is 31.3 Å². The van der Waals surface area contributed by atoms with Crippen LogP contribution in [0, 0.1) is 0 Å². The molecule has 0 saturated carbocycles. The molecule has 0 fully saturated rings. The van der Waals surface area contributed by atoms with E-state index in [4.69, 9.17) is 17.0 Å². The molecule has 14 heavy (non-hydrogen) atoms. The minimum Gasteiger partial charge on any atom is -0.383 e. The highest BCUT2D eigenvalue weighted by Crippen LogP contribution is 1.80. The van der Waals surface area contributed by atoms with Crippen molar-refractivity contribution in [1.82, 2.24) is 31.3 Å². The lowest BCUT2D eigenvalue weighted by molar-refractivity contribution is 0.204. The van der Waals surface area contributed by atoms with Crippen molar-refractivity contribution in [3.63, 3.8) is 0 Å². The predicted molar refractivity (Wildman–Crippen MR) is 53.5 cm³/mol. The molecule has 7 nitrogen and oxygen atoms in total. The molecule has 0 aromatic carbocycles. The molecule has 8 heteroatoms. The van der Waals surface area contributed by atoms with Gasteiger partial charge in [-0.2, -0.15) is 5.21 Å². The Labute approximate surface area is 86.6 Å². The van der Waals surface area contributed by atoms with Gasteiger partial charge < -0.3 is 15.4 Å². The number of methoxy groups -OCH3 is 1. The molecule has 0 atom stereocenters. The lowest BCUT2D eigenvalue weighted by Gasteiger charge is -2.07. The summed E-state index contributed by atoms with van der Waals surface area (Å²) in [5.74, 6) is 0.570. The van der Waals surface area contributed by atoms with Crippen LogP contribution >= 0.6 is 12.2 Å². The Morgan fingerprint density at radius 2 is 2.43 bits per heavy atom. The highest BCUT2D eigenvalue weighted by atomic mass is 32.1. The summed E-state index contributed by atoms with van der Waals surface area (Å²) in [4.78, 5) is 0. The maximum Gasteiger partial charge on any atom is 0.193 e. The van der Waals surface area contributed by atoms with Gasteiger partial charge >= 0.3 is 0 Å². The Morgan fingerprint density at radius 1 is 1.57 bits per heavy atom. The summed E-state index contributed by atoms with van der Waals surface area (Å²) in [7, 11) is 1.64. The van der Waals surface area contributed by atoms with Crippen molar-refractivity contribution in [1.29, 1.82) is 0 Å². The Bertz CT molecular complexity index is 263. The molecular weight excluding hydrogens is 204 g/mol. The van der Waals surface area contributed by atoms with Gasteiger partial charge in [0, 0.05) is 13.7 Å². The Kier molecular flexibility index (Phi) is 4.79. The zero-order chi connectivity index (χ0) is 10.2. The van der Waals surface area contributed by atoms with Crippen molar-refractivity contribution in [2.24, 2.45) is 0 Å². The molecule has 0 saturated heterocycles. The van der Waals surface area contributed by atoms with E-state index in [1.165, 1.54) is 0 Å². The quantitative estimate of drug-likeness (QED) is 0.421. The summed E-state index contributed by atoms with van der Waals surface area (Å²) in [6, 6.07) is 0. The lowest BCUT2D eigenvalue weighted by atomic mass is 10.6. The van der Waals surface area contributed by atoms with Crippen molar-refractivity contribution in [3.05, 3.63) is 5.82 Å². The molecule has 0 radical (unpaired) electrons. The molecule has 78 valence electrons. The van der Waals surface area contributed by atoms with E-state index in [-0.39, 0.29) is 0 Å². The largest absolute Gasteiger partial charge is 0.383 e. The average Bonchev–Trinajstić information content (AvgIpc) is 2.68. The molecule has 0 unspecified atom stereocenters. The topological polar surface area (TPSA) is 87.8 Å². The zero-order valence-electron chi connectivity index (χ0n) is 7.78. The second-order valence-electron chi connectivity index (χ2n) is 2.43. The first kappa shape index (κ1) is 10.8. The van der Waals surface area contributed by atoms with Crippen LogP contribution in [0.4, 0.5) is 0 Å². The molecular formula is C6H12N6OS. The van der Waals surface area contributed by atoms with Crippen LogP contribution in [0.5, 0.6) is 0 Å². The van der Waals surface area contributed by atoms with Crippen LogP contribution in [0.2, 0.25) is 0 Å². The monoisotopic (exact) mass is 216 g/mol. The van der Waals surface area contributed by atoms with Gasteiger partial charge in [0.15, 0.2) is 10.9 Å². The fraction of sp³-hybridized carbons (Fsp3) is 0.667. The Hall–Kier alpha value is -1.28. The summed E-state index contributed by atoms with van der Waals surface area (Å²) >= 11 is 4.98.